The van der Waals surface area contributed by atoms with E-state index in [0.717, 1.165) is 0 Å². The molecule has 0 amide bonds. The highest BCUT2D eigenvalue weighted by molar-refractivity contribution is 5.75. The van der Waals surface area contributed by atoms with Gasteiger partial charge >= 0.3 is 5.97 Å². The molecule has 0 aromatic carbocycles. The van der Waals surface area contributed by atoms with Crippen molar-refractivity contribution in [3.05, 3.63) is 0 Å². The molecule has 0 bridgehead atoms. The summed E-state index contributed by atoms with van der Waals surface area (Å²) < 4.78 is 37.4. The second kappa shape index (κ2) is 9.82. The van der Waals surface area contributed by atoms with Crippen LogP contribution in [0, 0.1) is 12.3 Å². The van der Waals surface area contributed by atoms with Gasteiger partial charge in [0.2, 0.25) is 6.29 Å². The van der Waals surface area contributed by atoms with E-state index in [1.807, 2.05) is 0 Å². The molecule has 4 unspecified atom stereocenters. The molecule has 1 heterocycles. The molecule has 0 saturated carbocycles. The molecule has 1 rings (SSSR count). The van der Waals surface area contributed by atoms with Gasteiger partial charge in [-0.25, -0.2) is 4.79 Å². The monoisotopic (exact) mass is 332 g/mol. The molecule has 23 heavy (non-hydrogen) atoms. The molecule has 6 atom stereocenters. The molecule has 8 heteroatoms. The smallest absolute Gasteiger partial charge is 0.337 e. The summed E-state index contributed by atoms with van der Waals surface area (Å²) in [6.45, 7) is 2.12. The number of hydrogen-bond acceptors (Lipinski definition) is 8. The molecule has 0 N–H and O–H groups in total. The first-order valence-corrected chi connectivity index (χ1v) is 7.12. The number of ether oxygens (including phenoxy) is 7. The molecular formula is C15H24O8. The van der Waals surface area contributed by atoms with Gasteiger partial charge in [-0.1, -0.05) is 0 Å². The van der Waals surface area contributed by atoms with Gasteiger partial charge in [-0.2, -0.15) is 0 Å². The highest BCUT2D eigenvalue weighted by Gasteiger charge is 2.51. The minimum atomic E-state index is -1.10. The lowest BCUT2D eigenvalue weighted by molar-refractivity contribution is -0.316. The summed E-state index contributed by atoms with van der Waals surface area (Å²) in [5.74, 6) is 1.71. The third kappa shape index (κ3) is 4.64. The molecular weight excluding hydrogens is 308 g/mol. The van der Waals surface area contributed by atoms with Crippen LogP contribution in [0.5, 0.6) is 0 Å². The maximum Gasteiger partial charge on any atom is 0.337 e. The molecule has 0 aromatic rings. The van der Waals surface area contributed by atoms with E-state index in [9.17, 15) is 4.79 Å². The zero-order valence-corrected chi connectivity index (χ0v) is 14.0. The van der Waals surface area contributed by atoms with Crippen LogP contribution in [-0.2, 0) is 38.0 Å². The van der Waals surface area contributed by atoms with Crippen molar-refractivity contribution in [3.8, 4) is 12.3 Å². The van der Waals surface area contributed by atoms with Gasteiger partial charge in [0.25, 0.3) is 0 Å². The standard InChI is InChI=1S/C15H24O8/c1-7-9(21-8-2)22-11-10(17-3)13(18-4)15(20-6)23-12(11)14(16)19-5/h1,9-13,15H,8H2,2-6H3/t9?,10?,11-,12?,13-,15?/m0/s1. The van der Waals surface area contributed by atoms with E-state index in [-0.39, 0.29) is 0 Å². The molecule has 1 fully saturated rings. The van der Waals surface area contributed by atoms with Gasteiger partial charge in [-0.3, -0.25) is 0 Å². The minimum Gasteiger partial charge on any atom is -0.467 e. The zero-order valence-electron chi connectivity index (χ0n) is 14.0. The quantitative estimate of drug-likeness (QED) is 0.347. The van der Waals surface area contributed by atoms with E-state index in [1.165, 1.54) is 28.4 Å². The Morgan fingerprint density at radius 2 is 1.78 bits per heavy atom. The molecule has 132 valence electrons. The van der Waals surface area contributed by atoms with E-state index >= 15 is 0 Å². The summed E-state index contributed by atoms with van der Waals surface area (Å²) in [5, 5.41) is 0. The van der Waals surface area contributed by atoms with Gasteiger partial charge in [-0.15, -0.1) is 6.42 Å². The number of carbonyl (C=O) groups excluding carboxylic acids is 1. The SMILES string of the molecule is C#CC(OCC)O[C@@H]1C(C(=O)OC)OC(OC)[C@@H](OC)C1OC. The van der Waals surface area contributed by atoms with Crippen LogP contribution in [0.1, 0.15) is 6.92 Å². The van der Waals surface area contributed by atoms with Crippen molar-refractivity contribution < 1.29 is 38.0 Å². The predicted octanol–water partition coefficient (Wildman–Crippen LogP) is -0.0583. The van der Waals surface area contributed by atoms with Gasteiger partial charge < -0.3 is 33.2 Å². The maximum absolute atomic E-state index is 12.1. The summed E-state index contributed by atoms with van der Waals surface area (Å²) in [5.41, 5.74) is 0. The van der Waals surface area contributed by atoms with Crippen LogP contribution in [0.15, 0.2) is 0 Å². The fourth-order valence-corrected chi connectivity index (χ4v) is 2.39. The summed E-state index contributed by atoms with van der Waals surface area (Å²) in [6, 6.07) is 0. The van der Waals surface area contributed by atoms with E-state index in [0.29, 0.717) is 6.61 Å². The first kappa shape index (κ1) is 19.8. The van der Waals surface area contributed by atoms with Crippen molar-refractivity contribution >= 4 is 5.97 Å². The van der Waals surface area contributed by atoms with Gasteiger partial charge in [-0.05, 0) is 12.8 Å². The van der Waals surface area contributed by atoms with Crippen LogP contribution in [0.25, 0.3) is 0 Å². The Labute approximate surface area is 136 Å². The number of esters is 1. The predicted molar refractivity (Wildman–Crippen MR) is 78.4 cm³/mol. The van der Waals surface area contributed by atoms with Crippen LogP contribution in [0.4, 0.5) is 0 Å². The molecule has 1 saturated heterocycles. The van der Waals surface area contributed by atoms with Crippen molar-refractivity contribution in [1.82, 2.24) is 0 Å². The average Bonchev–Trinajstić information content (AvgIpc) is 2.59. The molecule has 8 nitrogen and oxygen atoms in total. The van der Waals surface area contributed by atoms with E-state index < -0.39 is 43.0 Å². The summed E-state index contributed by atoms with van der Waals surface area (Å²) in [4.78, 5) is 12.1. The maximum atomic E-state index is 12.1. The number of terminal acetylenes is 1. The summed E-state index contributed by atoms with van der Waals surface area (Å²) in [6.07, 6.45) is 0.291. The Kier molecular flexibility index (Phi) is 8.47. The third-order valence-corrected chi connectivity index (χ3v) is 3.44. The number of hydrogen-bond donors (Lipinski definition) is 0. The molecule has 0 radical (unpaired) electrons. The topological polar surface area (TPSA) is 81.7 Å². The highest BCUT2D eigenvalue weighted by atomic mass is 16.7. The average molecular weight is 332 g/mol. The fraction of sp³-hybridized carbons (Fsp3) is 0.800. The van der Waals surface area contributed by atoms with Crippen LogP contribution in [0.3, 0.4) is 0 Å². The second-order valence-electron chi connectivity index (χ2n) is 4.64. The molecule has 0 aromatic heterocycles. The van der Waals surface area contributed by atoms with E-state index in [1.54, 1.807) is 6.92 Å². The summed E-state index contributed by atoms with van der Waals surface area (Å²) >= 11 is 0. The lowest BCUT2D eigenvalue weighted by Gasteiger charge is -2.43. The van der Waals surface area contributed by atoms with Crippen molar-refractivity contribution in [3.63, 3.8) is 0 Å². The largest absolute Gasteiger partial charge is 0.467 e. The second-order valence-corrected chi connectivity index (χ2v) is 4.64. The first-order valence-electron chi connectivity index (χ1n) is 7.12. The third-order valence-electron chi connectivity index (χ3n) is 3.44. The van der Waals surface area contributed by atoms with Gasteiger partial charge in [0.05, 0.1) is 7.11 Å². The van der Waals surface area contributed by atoms with Crippen molar-refractivity contribution in [2.24, 2.45) is 0 Å². The van der Waals surface area contributed by atoms with Crippen LogP contribution in [-0.4, -0.2) is 78.0 Å². The van der Waals surface area contributed by atoms with Crippen molar-refractivity contribution in [2.45, 2.75) is 43.9 Å². The minimum absolute atomic E-state index is 0.345. The Hall–Kier alpha value is -1.21. The molecule has 1 aliphatic rings. The van der Waals surface area contributed by atoms with Gasteiger partial charge in [0.1, 0.15) is 18.3 Å². The fourth-order valence-electron chi connectivity index (χ4n) is 2.39. The molecule has 1 aliphatic heterocycles. The Morgan fingerprint density at radius 3 is 2.22 bits per heavy atom. The van der Waals surface area contributed by atoms with Crippen LogP contribution in [0.2, 0.25) is 0 Å². The number of carbonyl (C=O) groups is 1. The first-order chi connectivity index (χ1) is 11.1. The molecule has 0 spiro atoms. The Bertz CT molecular complexity index is 407. The van der Waals surface area contributed by atoms with Gasteiger partial charge in [0.15, 0.2) is 12.4 Å². The lowest BCUT2D eigenvalue weighted by Crippen LogP contribution is -2.63. The van der Waals surface area contributed by atoms with Crippen molar-refractivity contribution in [2.75, 3.05) is 35.0 Å². The Balaban J connectivity index is 3.09. The lowest BCUT2D eigenvalue weighted by atomic mass is 9.98. The summed E-state index contributed by atoms with van der Waals surface area (Å²) in [7, 11) is 5.62. The van der Waals surface area contributed by atoms with E-state index in [2.05, 4.69) is 5.92 Å². The molecule has 0 aliphatic carbocycles. The van der Waals surface area contributed by atoms with Gasteiger partial charge in [0, 0.05) is 27.9 Å². The highest BCUT2D eigenvalue weighted by Crippen LogP contribution is 2.29. The Morgan fingerprint density at radius 1 is 1.13 bits per heavy atom. The van der Waals surface area contributed by atoms with Crippen molar-refractivity contribution in [1.29, 1.82) is 0 Å². The number of rotatable bonds is 8. The number of methoxy groups -OCH3 is 4. The van der Waals surface area contributed by atoms with Crippen LogP contribution >= 0.6 is 0 Å². The zero-order chi connectivity index (χ0) is 17.4. The normalized spacial score (nSPS) is 32.1. The van der Waals surface area contributed by atoms with Crippen LogP contribution < -0.4 is 0 Å². The van der Waals surface area contributed by atoms with E-state index in [4.69, 9.17) is 39.6 Å².